The zero-order chi connectivity index (χ0) is 61.7. The highest BCUT2D eigenvalue weighted by molar-refractivity contribution is 9.09. The first kappa shape index (κ1) is 70.6. The Hall–Kier alpha value is -5.88. The molecule has 0 bridgehead atoms. The first-order valence-corrected chi connectivity index (χ1v) is 30.0. The topological polar surface area (TPSA) is 270 Å². The Morgan fingerprint density at radius 1 is 0.560 bits per heavy atom. The second-order valence-electron chi connectivity index (χ2n) is 23.3. The van der Waals surface area contributed by atoms with Crippen molar-refractivity contribution in [3.63, 3.8) is 0 Å². The number of rotatable bonds is 4. The number of aromatic nitrogens is 10. The molecule has 9 rings (SSSR count). The molecule has 462 valence electrons. The molecule has 3 fully saturated rings. The van der Waals surface area contributed by atoms with Crippen LogP contribution >= 0.6 is 62.3 Å². The van der Waals surface area contributed by atoms with Crippen LogP contribution in [0, 0.1) is 27.7 Å². The van der Waals surface area contributed by atoms with Gasteiger partial charge in [-0.2, -0.15) is 10.2 Å². The van der Waals surface area contributed by atoms with Crippen LogP contribution in [-0.4, -0.2) is 136 Å². The molecule has 3 saturated heterocycles. The molecule has 84 heavy (non-hydrogen) atoms. The van der Waals surface area contributed by atoms with Crippen molar-refractivity contribution in [3.05, 3.63) is 90.9 Å². The van der Waals surface area contributed by atoms with Crippen LogP contribution in [0.15, 0.2) is 36.7 Å². The normalized spacial score (nSPS) is 17.1. The smallest absolute Gasteiger partial charge is 0.410 e. The van der Waals surface area contributed by atoms with Gasteiger partial charge in [0.15, 0.2) is 32.5 Å². The maximum atomic E-state index is 12.6. The Labute approximate surface area is 521 Å². The van der Waals surface area contributed by atoms with E-state index in [-0.39, 0.29) is 54.9 Å². The molecule has 3 amide bonds. The second kappa shape index (κ2) is 31.0. The number of hydrogen-bond acceptors (Lipinski definition) is 17. The Morgan fingerprint density at radius 3 is 1.52 bits per heavy atom. The summed E-state index contributed by atoms with van der Waals surface area (Å²) in [4.78, 5) is 63.3. The Morgan fingerprint density at radius 2 is 1.04 bits per heavy atom. The Kier molecular flexibility index (Phi) is 26.0. The number of carbonyl (C=O) groups excluding carboxylic acids is 4. The summed E-state index contributed by atoms with van der Waals surface area (Å²) in [6, 6.07) is 6.54. The summed E-state index contributed by atoms with van der Waals surface area (Å²) in [5, 5.41) is 24.7. The van der Waals surface area contributed by atoms with E-state index in [0.29, 0.717) is 51.9 Å². The molecule has 4 N–H and O–H groups in total. The van der Waals surface area contributed by atoms with Crippen molar-refractivity contribution in [2.45, 2.75) is 190 Å². The first-order valence-electron chi connectivity index (χ1n) is 27.4. The van der Waals surface area contributed by atoms with E-state index in [4.69, 9.17) is 77.1 Å². The number of Topliss-reactive ketones (excluding diaryl/α,β-unsaturated/α-hetero) is 1. The van der Waals surface area contributed by atoms with Gasteiger partial charge >= 0.3 is 18.3 Å². The minimum atomic E-state index is -0.517. The number of ketones is 1. The van der Waals surface area contributed by atoms with E-state index in [1.807, 2.05) is 108 Å². The van der Waals surface area contributed by atoms with Crippen molar-refractivity contribution >= 4 is 109 Å². The average Bonchev–Trinajstić information content (AvgIpc) is 3.01. The standard InChI is InChI=1S/2C17H23ClN4O2.C12H20BrNO3.2C5H6ClN3.CH4/c1-11-9-14-19-12(10-22(14)20-15(11)18)13-7-5-6-8-21(13)16(23)24-17(2,3)4;1-11-9-14(18)20-22-10-12(19-15(11)22)13-7-5-6-8-21(13)16(23)24-17(2,3)4;1-12(2,3)17-11(16)14-7-5-4-6-9(14)10(15)8-13;1-3-2-4(7)8-9-5(3)6;1-3-2-4(6)8-9-5(3)7;/h2*9-10,13H,5-8H2,1-4H3;9H,4-8H2,1-3H3;2H,1H3,(H2,7,8);2H,1H3,(H2,7,9);1H4/t2*13-;9-;;;/m000.../s1. The predicted molar refractivity (Wildman–Crippen MR) is 333 cm³/mol. The molecule has 0 spiro atoms. The number of nitrogens with zero attached hydrogens (tertiary/aromatic N) is 13. The van der Waals surface area contributed by atoms with E-state index in [1.54, 1.807) is 41.9 Å². The minimum absolute atomic E-state index is 0. The monoisotopic (exact) mass is 1310 g/mol. The van der Waals surface area contributed by atoms with Gasteiger partial charge in [-0.15, -0.1) is 20.4 Å². The number of anilines is 2. The van der Waals surface area contributed by atoms with Gasteiger partial charge in [0, 0.05) is 19.6 Å². The quantitative estimate of drug-likeness (QED) is 0.123. The summed E-state index contributed by atoms with van der Waals surface area (Å²) in [6.07, 6.45) is 11.3. The van der Waals surface area contributed by atoms with E-state index >= 15 is 0 Å². The summed E-state index contributed by atoms with van der Waals surface area (Å²) in [5.41, 5.74) is 15.8. The van der Waals surface area contributed by atoms with Crippen LogP contribution in [-0.2, 0) is 19.0 Å². The fraction of sp³-hybridized carbons (Fsp3) is 0.579. The van der Waals surface area contributed by atoms with Crippen LogP contribution < -0.4 is 11.5 Å². The number of alkyl halides is 1. The number of aryl methyl sites for hydroxylation is 4. The summed E-state index contributed by atoms with van der Waals surface area (Å²) in [7, 11) is 0. The molecule has 6 aromatic heterocycles. The van der Waals surface area contributed by atoms with Crippen LogP contribution in [0.2, 0.25) is 20.6 Å². The highest BCUT2D eigenvalue weighted by Crippen LogP contribution is 2.34. The minimum Gasteiger partial charge on any atom is -0.444 e. The van der Waals surface area contributed by atoms with Crippen molar-refractivity contribution in [3.8, 4) is 0 Å². The number of carbonyl (C=O) groups is 4. The lowest BCUT2D eigenvalue weighted by Crippen LogP contribution is -2.50. The van der Waals surface area contributed by atoms with E-state index < -0.39 is 16.8 Å². The van der Waals surface area contributed by atoms with Crippen molar-refractivity contribution in [2.75, 3.05) is 36.4 Å². The molecule has 0 radical (unpaired) electrons. The maximum absolute atomic E-state index is 12.6. The average molecular weight is 1310 g/mol. The molecule has 27 heteroatoms. The third-order valence-corrected chi connectivity index (χ3v) is 14.4. The highest BCUT2D eigenvalue weighted by Gasteiger charge is 2.36. The second-order valence-corrected chi connectivity index (χ2v) is 25.4. The Balaban J connectivity index is 0.000000237. The fourth-order valence-electron chi connectivity index (χ4n) is 8.84. The third kappa shape index (κ3) is 21.3. The zero-order valence-electron chi connectivity index (χ0n) is 49.6. The summed E-state index contributed by atoms with van der Waals surface area (Å²) < 4.78 is 19.8. The summed E-state index contributed by atoms with van der Waals surface area (Å²) in [6.45, 7) is 26.2. The molecule has 3 aliphatic rings. The molecule has 0 aliphatic carbocycles. The number of ether oxygens (including phenoxy) is 3. The van der Waals surface area contributed by atoms with E-state index in [9.17, 15) is 19.2 Å². The first-order chi connectivity index (χ1) is 38.7. The van der Waals surface area contributed by atoms with Crippen LogP contribution in [0.3, 0.4) is 0 Å². The zero-order valence-corrected chi connectivity index (χ0v) is 54.2. The van der Waals surface area contributed by atoms with Crippen LogP contribution in [0.1, 0.15) is 173 Å². The number of hydrogen-bond donors (Lipinski definition) is 2. The van der Waals surface area contributed by atoms with Gasteiger partial charge in [-0.05, 0) is 194 Å². The fourth-order valence-corrected chi connectivity index (χ4v) is 9.89. The summed E-state index contributed by atoms with van der Waals surface area (Å²) in [5.74, 6) is 0.881. The molecule has 3 aliphatic heterocycles. The van der Waals surface area contributed by atoms with Crippen molar-refractivity contribution < 1.29 is 33.4 Å². The molecular formula is C57H82BrCl4N15O7. The van der Waals surface area contributed by atoms with Gasteiger partial charge in [0.2, 0.25) is 0 Å². The molecular weight excluding hydrogens is 1230 g/mol. The molecule has 3 atom stereocenters. The van der Waals surface area contributed by atoms with Gasteiger partial charge in [-0.3, -0.25) is 19.5 Å². The van der Waals surface area contributed by atoms with Crippen molar-refractivity contribution in [1.82, 2.24) is 64.3 Å². The van der Waals surface area contributed by atoms with Gasteiger partial charge in [-0.25, -0.2) is 33.4 Å². The molecule has 0 aromatic carbocycles. The third-order valence-electron chi connectivity index (χ3n) is 12.7. The number of likely N-dealkylation sites (tertiary alicyclic amines) is 3. The van der Waals surface area contributed by atoms with Gasteiger partial charge < -0.3 is 25.7 Å². The van der Waals surface area contributed by atoms with Crippen LogP contribution in [0.4, 0.5) is 26.0 Å². The van der Waals surface area contributed by atoms with Crippen LogP contribution in [0.5, 0.6) is 0 Å². The SMILES string of the molecule is C.CC(C)(C)OC(=O)N1CCCC[C@H]1C(=O)CBr.Cc1cc(Cl)nn2cc([C@@H]3CCCCN3C(=O)OC(C)(C)C)nc12.Cc1cc(Cl)nnc1N.Cc1cc(N)nnc1Cl.Cc1cc2nc([C@@H]3CCCCN3C(=O)OC(C)(C)C)cn2nc1Cl. The van der Waals surface area contributed by atoms with Crippen molar-refractivity contribution in [2.24, 2.45) is 0 Å². The number of fused-ring (bicyclic) bond motifs is 2. The number of nitrogen functional groups attached to an aromatic ring is 2. The lowest BCUT2D eigenvalue weighted by atomic mass is 10.00. The lowest BCUT2D eigenvalue weighted by Gasteiger charge is -2.35. The largest absolute Gasteiger partial charge is 0.444 e. The number of halogens is 5. The molecule has 0 unspecified atom stereocenters. The van der Waals surface area contributed by atoms with E-state index in [1.165, 1.54) is 0 Å². The number of nitrogens with two attached hydrogens (primary N) is 2. The van der Waals surface area contributed by atoms with Gasteiger partial charge in [-0.1, -0.05) is 69.8 Å². The summed E-state index contributed by atoms with van der Waals surface area (Å²) >= 11 is 26.3. The highest BCUT2D eigenvalue weighted by atomic mass is 79.9. The van der Waals surface area contributed by atoms with E-state index in [2.05, 4.69) is 51.5 Å². The molecule has 22 nitrogen and oxygen atoms in total. The van der Waals surface area contributed by atoms with Gasteiger partial charge in [0.1, 0.15) is 33.6 Å². The Bertz CT molecular complexity index is 3110. The number of piperidine rings is 3. The van der Waals surface area contributed by atoms with E-state index in [0.717, 1.165) is 103 Å². The molecule has 6 aromatic rings. The predicted octanol–water partition coefficient (Wildman–Crippen LogP) is 13.7. The van der Waals surface area contributed by atoms with Crippen molar-refractivity contribution in [1.29, 1.82) is 0 Å². The number of amides is 3. The van der Waals surface area contributed by atoms with Gasteiger partial charge in [0.25, 0.3) is 0 Å². The maximum Gasteiger partial charge on any atom is 0.410 e. The molecule has 0 saturated carbocycles. The lowest BCUT2D eigenvalue weighted by molar-refractivity contribution is -0.122. The number of imidazole rings is 2. The molecule has 9 heterocycles. The van der Waals surface area contributed by atoms with Crippen LogP contribution in [0.25, 0.3) is 11.3 Å². The van der Waals surface area contributed by atoms with Gasteiger partial charge in [0.05, 0.1) is 47.2 Å².